The molecule has 0 saturated carbocycles. The first-order valence-corrected chi connectivity index (χ1v) is 10.4. The van der Waals surface area contributed by atoms with Crippen molar-refractivity contribution in [2.45, 2.75) is 39.8 Å². The summed E-state index contributed by atoms with van der Waals surface area (Å²) in [5, 5.41) is 6.72. The quantitative estimate of drug-likeness (QED) is 0.582. The van der Waals surface area contributed by atoms with E-state index in [0.717, 1.165) is 66.8 Å². The Morgan fingerprint density at radius 3 is 2.76 bits per heavy atom. The fraction of sp³-hybridized carbons (Fsp3) is 0.417. The molecule has 152 valence electrons. The van der Waals surface area contributed by atoms with E-state index < -0.39 is 0 Å². The topological polar surface area (TPSA) is 47.4 Å². The molecule has 5 nitrogen and oxygen atoms in total. The number of methoxy groups -OCH3 is 1. The average Bonchev–Trinajstić information content (AvgIpc) is 3.12. The summed E-state index contributed by atoms with van der Waals surface area (Å²) in [6.45, 7) is 7.78. The number of nitrogens with zero attached hydrogens (tertiary/aromatic N) is 3. The number of rotatable bonds is 6. The van der Waals surface area contributed by atoms with Crippen LogP contribution in [0.4, 0.5) is 0 Å². The van der Waals surface area contributed by atoms with Crippen LogP contribution >= 0.6 is 0 Å². The van der Waals surface area contributed by atoms with E-state index in [4.69, 9.17) is 4.74 Å². The Morgan fingerprint density at radius 2 is 2.00 bits per heavy atom. The van der Waals surface area contributed by atoms with Gasteiger partial charge in [-0.05, 0) is 62.2 Å². The lowest BCUT2D eigenvalue weighted by Gasteiger charge is -2.31. The van der Waals surface area contributed by atoms with E-state index in [1.807, 2.05) is 41.1 Å². The molecule has 0 N–H and O–H groups in total. The van der Waals surface area contributed by atoms with Gasteiger partial charge in [0.1, 0.15) is 5.75 Å². The number of ketones is 1. The SMILES string of the molecule is CCn1cc(CN2CCC[C@@H](C(=O)c3ccc4cc(OC)ccc4c3)C2)c(C)n1. The van der Waals surface area contributed by atoms with E-state index in [0.29, 0.717) is 0 Å². The number of aromatic nitrogens is 2. The van der Waals surface area contributed by atoms with Gasteiger partial charge in [-0.15, -0.1) is 0 Å². The monoisotopic (exact) mass is 391 g/mol. The fourth-order valence-electron chi connectivity index (χ4n) is 4.27. The van der Waals surface area contributed by atoms with Crippen LogP contribution in [-0.2, 0) is 13.1 Å². The number of hydrogen-bond donors (Lipinski definition) is 0. The van der Waals surface area contributed by atoms with Gasteiger partial charge in [0, 0.05) is 42.9 Å². The van der Waals surface area contributed by atoms with Gasteiger partial charge in [0.05, 0.1) is 12.8 Å². The summed E-state index contributed by atoms with van der Waals surface area (Å²) >= 11 is 0. The Kier molecular flexibility index (Phi) is 5.67. The molecule has 1 aliphatic rings. The minimum atomic E-state index is 0.0565. The lowest BCUT2D eigenvalue weighted by molar-refractivity contribution is 0.0811. The van der Waals surface area contributed by atoms with Crippen molar-refractivity contribution >= 4 is 16.6 Å². The summed E-state index contributed by atoms with van der Waals surface area (Å²) in [7, 11) is 1.67. The molecule has 2 heterocycles. The lowest BCUT2D eigenvalue weighted by atomic mass is 9.89. The van der Waals surface area contributed by atoms with Gasteiger partial charge in [0.25, 0.3) is 0 Å². The molecule has 0 amide bonds. The molecule has 1 atom stereocenters. The minimum Gasteiger partial charge on any atom is -0.497 e. The number of Topliss-reactive ketones (excluding diaryl/α,β-unsaturated/α-hetero) is 1. The highest BCUT2D eigenvalue weighted by molar-refractivity contribution is 6.01. The second-order valence-electron chi connectivity index (χ2n) is 7.96. The van der Waals surface area contributed by atoms with Crippen LogP contribution in [0.15, 0.2) is 42.6 Å². The third-order valence-electron chi connectivity index (χ3n) is 5.97. The van der Waals surface area contributed by atoms with Crippen LogP contribution in [0.3, 0.4) is 0 Å². The van der Waals surface area contributed by atoms with E-state index >= 15 is 0 Å². The molecule has 1 aromatic heterocycles. The first kappa shape index (κ1) is 19.6. The van der Waals surface area contributed by atoms with Crippen LogP contribution in [-0.4, -0.2) is 40.7 Å². The maximum absolute atomic E-state index is 13.2. The van der Waals surface area contributed by atoms with Crippen LogP contribution in [0.5, 0.6) is 5.75 Å². The maximum atomic E-state index is 13.2. The third-order valence-corrected chi connectivity index (χ3v) is 5.97. The van der Waals surface area contributed by atoms with E-state index in [9.17, 15) is 4.79 Å². The number of fused-ring (bicyclic) bond motifs is 1. The molecule has 1 fully saturated rings. The van der Waals surface area contributed by atoms with Crippen LogP contribution in [0.1, 0.15) is 41.4 Å². The summed E-state index contributed by atoms with van der Waals surface area (Å²) < 4.78 is 7.28. The zero-order chi connectivity index (χ0) is 20.4. The summed E-state index contributed by atoms with van der Waals surface area (Å²) in [6, 6.07) is 12.0. The summed E-state index contributed by atoms with van der Waals surface area (Å²) in [5.74, 6) is 1.15. The lowest BCUT2D eigenvalue weighted by Crippen LogP contribution is -2.38. The summed E-state index contributed by atoms with van der Waals surface area (Å²) in [5.41, 5.74) is 3.16. The molecule has 1 saturated heterocycles. The molecule has 29 heavy (non-hydrogen) atoms. The number of benzene rings is 2. The number of likely N-dealkylation sites (tertiary alicyclic amines) is 1. The molecule has 3 aromatic rings. The molecular weight excluding hydrogens is 362 g/mol. The van der Waals surface area contributed by atoms with Crippen LogP contribution in [0.2, 0.25) is 0 Å². The Morgan fingerprint density at radius 1 is 1.21 bits per heavy atom. The van der Waals surface area contributed by atoms with Crippen LogP contribution in [0, 0.1) is 12.8 Å². The number of carbonyl (C=O) groups is 1. The molecule has 1 aliphatic heterocycles. The molecule has 0 aliphatic carbocycles. The maximum Gasteiger partial charge on any atom is 0.167 e. The van der Waals surface area contributed by atoms with E-state index in [1.54, 1.807) is 7.11 Å². The second kappa shape index (κ2) is 8.37. The van der Waals surface area contributed by atoms with Crippen LogP contribution < -0.4 is 4.74 Å². The van der Waals surface area contributed by atoms with Gasteiger partial charge < -0.3 is 4.74 Å². The number of carbonyl (C=O) groups excluding carboxylic acids is 1. The first-order chi connectivity index (χ1) is 14.1. The highest BCUT2D eigenvalue weighted by Gasteiger charge is 2.27. The van der Waals surface area contributed by atoms with Gasteiger partial charge >= 0.3 is 0 Å². The van der Waals surface area contributed by atoms with Crippen molar-refractivity contribution in [2.24, 2.45) is 5.92 Å². The van der Waals surface area contributed by atoms with Crippen molar-refractivity contribution in [3.05, 3.63) is 59.4 Å². The molecule has 0 bridgehead atoms. The van der Waals surface area contributed by atoms with Gasteiger partial charge in [-0.25, -0.2) is 0 Å². The molecule has 0 spiro atoms. The van der Waals surface area contributed by atoms with Gasteiger partial charge in [-0.3, -0.25) is 14.4 Å². The Labute approximate surface area is 172 Å². The van der Waals surface area contributed by atoms with Crippen molar-refractivity contribution in [2.75, 3.05) is 20.2 Å². The van der Waals surface area contributed by atoms with Crippen LogP contribution in [0.25, 0.3) is 10.8 Å². The van der Waals surface area contributed by atoms with E-state index in [1.165, 1.54) is 5.56 Å². The zero-order valence-electron chi connectivity index (χ0n) is 17.5. The van der Waals surface area contributed by atoms with Gasteiger partial charge in [-0.2, -0.15) is 5.10 Å². The van der Waals surface area contributed by atoms with Crippen molar-refractivity contribution in [3.63, 3.8) is 0 Å². The largest absolute Gasteiger partial charge is 0.497 e. The van der Waals surface area contributed by atoms with E-state index in [2.05, 4.69) is 30.0 Å². The van der Waals surface area contributed by atoms with Gasteiger partial charge in [0.15, 0.2) is 5.78 Å². The molecule has 2 aromatic carbocycles. The smallest absolute Gasteiger partial charge is 0.167 e. The molecular formula is C24H29N3O2. The summed E-state index contributed by atoms with van der Waals surface area (Å²) in [4.78, 5) is 15.6. The Hall–Kier alpha value is -2.66. The Bertz CT molecular complexity index is 1020. The molecule has 0 radical (unpaired) electrons. The summed E-state index contributed by atoms with van der Waals surface area (Å²) in [6.07, 6.45) is 4.16. The standard InChI is InChI=1S/C24H29N3O2/c1-4-27-16-22(17(2)25-27)15-26-11-5-6-21(14-26)24(28)20-8-7-19-13-23(29-3)10-9-18(19)12-20/h7-10,12-13,16,21H,4-6,11,14-15H2,1-3H3/t21-/m1/s1. The molecule has 5 heteroatoms. The predicted molar refractivity (Wildman–Crippen MR) is 115 cm³/mol. The Balaban J connectivity index is 1.48. The third kappa shape index (κ3) is 4.20. The fourth-order valence-corrected chi connectivity index (χ4v) is 4.27. The molecule has 4 rings (SSSR count). The van der Waals surface area contributed by atoms with Gasteiger partial charge in [-0.1, -0.05) is 18.2 Å². The van der Waals surface area contributed by atoms with Crippen molar-refractivity contribution in [1.82, 2.24) is 14.7 Å². The highest BCUT2D eigenvalue weighted by Crippen LogP contribution is 2.26. The number of piperidine rings is 1. The zero-order valence-corrected chi connectivity index (χ0v) is 17.5. The van der Waals surface area contributed by atoms with Gasteiger partial charge in [0.2, 0.25) is 0 Å². The van der Waals surface area contributed by atoms with E-state index in [-0.39, 0.29) is 11.7 Å². The van der Waals surface area contributed by atoms with Crippen molar-refractivity contribution in [1.29, 1.82) is 0 Å². The number of aryl methyl sites for hydroxylation is 2. The minimum absolute atomic E-state index is 0.0565. The number of hydrogen-bond acceptors (Lipinski definition) is 4. The number of ether oxygens (including phenoxy) is 1. The second-order valence-corrected chi connectivity index (χ2v) is 7.96. The van der Waals surface area contributed by atoms with Crippen molar-refractivity contribution in [3.8, 4) is 5.75 Å². The molecule has 0 unspecified atom stereocenters. The normalized spacial score (nSPS) is 17.6. The first-order valence-electron chi connectivity index (χ1n) is 10.4. The average molecular weight is 392 g/mol. The highest BCUT2D eigenvalue weighted by atomic mass is 16.5. The van der Waals surface area contributed by atoms with Crippen molar-refractivity contribution < 1.29 is 9.53 Å². The predicted octanol–water partition coefficient (Wildman–Crippen LogP) is 4.47.